The van der Waals surface area contributed by atoms with Gasteiger partial charge in [0.1, 0.15) is 16.4 Å². The van der Waals surface area contributed by atoms with E-state index in [4.69, 9.17) is 9.47 Å². The molecule has 25 heavy (non-hydrogen) atoms. The molecule has 0 radical (unpaired) electrons. The maximum Gasteiger partial charge on any atom is 0.262 e. The van der Waals surface area contributed by atoms with Crippen LogP contribution >= 0.6 is 12.4 Å². The van der Waals surface area contributed by atoms with Crippen LogP contribution in [0.5, 0.6) is 11.5 Å². The van der Waals surface area contributed by atoms with Crippen molar-refractivity contribution in [1.29, 1.82) is 0 Å². The van der Waals surface area contributed by atoms with Crippen molar-refractivity contribution in [1.82, 2.24) is 9.62 Å². The van der Waals surface area contributed by atoms with Gasteiger partial charge >= 0.3 is 0 Å². The first kappa shape index (κ1) is 19.8. The number of carbonyl (C=O) groups excluding carboxylic acids is 1. The van der Waals surface area contributed by atoms with Crippen LogP contribution in [0.1, 0.15) is 12.8 Å². The molecule has 1 atom stereocenters. The van der Waals surface area contributed by atoms with Crippen molar-refractivity contribution in [2.75, 3.05) is 39.2 Å². The summed E-state index contributed by atoms with van der Waals surface area (Å²) in [6.07, 6.45) is 1.64. The standard InChI is InChI=1S/C15H21N3O5S.ClH/c1-16-8-10-4-3-5-18(10)24(20,21)14-7-12-11(6-13(14)22-2)17-15(19)9-23-12;/h6-7,10,16H,3-5,8-9H2,1-2H3,(H,17,19);1H. The van der Waals surface area contributed by atoms with Crippen LogP contribution in [0.15, 0.2) is 17.0 Å². The second-order valence-electron chi connectivity index (χ2n) is 5.81. The molecule has 0 saturated carbocycles. The lowest BCUT2D eigenvalue weighted by molar-refractivity contribution is -0.118. The van der Waals surface area contributed by atoms with Crippen LogP contribution < -0.4 is 20.1 Å². The van der Waals surface area contributed by atoms with Crippen molar-refractivity contribution in [3.8, 4) is 11.5 Å². The molecule has 2 heterocycles. The number of halogens is 1. The molecule has 1 aromatic rings. The Morgan fingerprint density at radius 2 is 2.20 bits per heavy atom. The number of nitrogens with one attached hydrogen (secondary N) is 2. The zero-order valence-electron chi connectivity index (χ0n) is 14.1. The summed E-state index contributed by atoms with van der Waals surface area (Å²) >= 11 is 0. The first-order valence-corrected chi connectivity index (χ1v) is 9.22. The summed E-state index contributed by atoms with van der Waals surface area (Å²) in [5, 5.41) is 5.69. The van der Waals surface area contributed by atoms with Gasteiger partial charge in [0.25, 0.3) is 5.91 Å². The van der Waals surface area contributed by atoms with E-state index in [1.54, 1.807) is 7.05 Å². The van der Waals surface area contributed by atoms with Gasteiger partial charge in [-0.3, -0.25) is 4.79 Å². The number of nitrogens with zero attached hydrogens (tertiary/aromatic N) is 1. The van der Waals surface area contributed by atoms with Crippen molar-refractivity contribution in [2.24, 2.45) is 0 Å². The predicted octanol–water partition coefficient (Wildman–Crippen LogP) is 0.820. The van der Waals surface area contributed by atoms with Crippen LogP contribution in [0.2, 0.25) is 0 Å². The number of methoxy groups -OCH3 is 1. The van der Waals surface area contributed by atoms with Gasteiger partial charge < -0.3 is 20.1 Å². The van der Waals surface area contributed by atoms with Crippen LogP contribution in [-0.4, -0.2) is 58.5 Å². The number of carbonyl (C=O) groups is 1. The molecule has 10 heteroatoms. The Labute approximate surface area is 153 Å². The summed E-state index contributed by atoms with van der Waals surface area (Å²) in [5.41, 5.74) is 0.412. The molecule has 1 unspecified atom stereocenters. The molecule has 1 fully saturated rings. The number of amides is 1. The number of fused-ring (bicyclic) bond motifs is 1. The molecule has 3 rings (SSSR count). The van der Waals surface area contributed by atoms with Gasteiger partial charge in [0.05, 0.1) is 12.8 Å². The third-order valence-electron chi connectivity index (χ3n) is 4.25. The highest BCUT2D eigenvalue weighted by Gasteiger charge is 2.37. The molecule has 2 aliphatic rings. The molecule has 1 aromatic carbocycles. The molecule has 1 saturated heterocycles. The van der Waals surface area contributed by atoms with Crippen LogP contribution in [0.4, 0.5) is 5.69 Å². The SMILES string of the molecule is CNCC1CCCN1S(=O)(=O)c1cc2c(cc1OC)NC(=O)CO2.Cl. The average molecular weight is 392 g/mol. The number of hydrogen-bond donors (Lipinski definition) is 2. The quantitative estimate of drug-likeness (QED) is 0.771. The first-order valence-electron chi connectivity index (χ1n) is 7.78. The Bertz CT molecular complexity index is 756. The third-order valence-corrected chi connectivity index (χ3v) is 6.22. The predicted molar refractivity (Wildman–Crippen MR) is 95.2 cm³/mol. The first-order chi connectivity index (χ1) is 11.5. The number of rotatable bonds is 5. The van der Waals surface area contributed by atoms with Crippen LogP contribution in [-0.2, 0) is 14.8 Å². The zero-order valence-corrected chi connectivity index (χ0v) is 15.7. The summed E-state index contributed by atoms with van der Waals surface area (Å²) in [4.78, 5) is 11.5. The van der Waals surface area contributed by atoms with Crippen molar-refractivity contribution in [2.45, 2.75) is 23.8 Å². The molecule has 1 amide bonds. The minimum Gasteiger partial charge on any atom is -0.495 e. The smallest absolute Gasteiger partial charge is 0.262 e. The lowest BCUT2D eigenvalue weighted by atomic mass is 10.2. The lowest BCUT2D eigenvalue weighted by Crippen LogP contribution is -2.41. The zero-order chi connectivity index (χ0) is 17.3. The van der Waals surface area contributed by atoms with Crippen molar-refractivity contribution >= 4 is 34.0 Å². The van der Waals surface area contributed by atoms with Crippen LogP contribution in [0.3, 0.4) is 0 Å². The van der Waals surface area contributed by atoms with E-state index >= 15 is 0 Å². The van der Waals surface area contributed by atoms with E-state index in [2.05, 4.69) is 10.6 Å². The second kappa shape index (κ2) is 7.77. The maximum atomic E-state index is 13.1. The molecule has 0 bridgehead atoms. The fraction of sp³-hybridized carbons (Fsp3) is 0.533. The van der Waals surface area contributed by atoms with Gasteiger partial charge in [-0.2, -0.15) is 4.31 Å². The summed E-state index contributed by atoms with van der Waals surface area (Å²) in [5.74, 6) is 0.238. The van der Waals surface area contributed by atoms with E-state index < -0.39 is 10.0 Å². The van der Waals surface area contributed by atoms with Gasteiger partial charge in [-0.1, -0.05) is 0 Å². The number of anilines is 1. The van der Waals surface area contributed by atoms with Crippen molar-refractivity contribution in [3.05, 3.63) is 12.1 Å². The molecular formula is C15H22ClN3O5S. The van der Waals surface area contributed by atoms with Gasteiger partial charge in [0, 0.05) is 31.3 Å². The summed E-state index contributed by atoms with van der Waals surface area (Å²) < 4.78 is 38.4. The number of ether oxygens (including phenoxy) is 2. The van der Waals surface area contributed by atoms with E-state index in [1.807, 2.05) is 0 Å². The van der Waals surface area contributed by atoms with Crippen molar-refractivity contribution in [3.63, 3.8) is 0 Å². The van der Waals surface area contributed by atoms with Gasteiger partial charge in [0.2, 0.25) is 10.0 Å². The number of hydrogen-bond acceptors (Lipinski definition) is 6. The Morgan fingerprint density at radius 1 is 1.44 bits per heavy atom. The fourth-order valence-electron chi connectivity index (χ4n) is 3.14. The minimum absolute atomic E-state index is 0. The Hall–Kier alpha value is -1.55. The highest BCUT2D eigenvalue weighted by molar-refractivity contribution is 7.89. The minimum atomic E-state index is -3.72. The third kappa shape index (κ3) is 3.69. The van der Waals surface area contributed by atoms with Gasteiger partial charge in [-0.15, -0.1) is 12.4 Å². The van der Waals surface area contributed by atoms with Crippen LogP contribution in [0.25, 0.3) is 0 Å². The van der Waals surface area contributed by atoms with Gasteiger partial charge in [-0.25, -0.2) is 8.42 Å². The van der Waals surface area contributed by atoms with Gasteiger partial charge in [-0.05, 0) is 19.9 Å². The number of likely N-dealkylation sites (N-methyl/N-ethyl adjacent to an activating group) is 1. The van der Waals surface area contributed by atoms with Crippen molar-refractivity contribution < 1.29 is 22.7 Å². The van der Waals surface area contributed by atoms with E-state index in [0.717, 1.165) is 12.8 Å². The Kier molecular flexibility index (Phi) is 6.15. The summed E-state index contributed by atoms with van der Waals surface area (Å²) in [6, 6.07) is 2.83. The molecule has 2 aliphatic heterocycles. The molecule has 2 N–H and O–H groups in total. The Morgan fingerprint density at radius 3 is 2.88 bits per heavy atom. The molecule has 8 nitrogen and oxygen atoms in total. The normalized spacial score (nSPS) is 20.2. The molecule has 0 aliphatic carbocycles. The highest BCUT2D eigenvalue weighted by Crippen LogP contribution is 2.39. The fourth-order valence-corrected chi connectivity index (χ4v) is 4.99. The maximum absolute atomic E-state index is 13.1. The summed E-state index contributed by atoms with van der Waals surface area (Å²) in [6.45, 7) is 0.941. The molecule has 0 spiro atoms. The van der Waals surface area contributed by atoms with E-state index in [1.165, 1.54) is 23.5 Å². The molecular weight excluding hydrogens is 370 g/mol. The largest absolute Gasteiger partial charge is 0.495 e. The van der Waals surface area contributed by atoms with E-state index in [9.17, 15) is 13.2 Å². The highest BCUT2D eigenvalue weighted by atomic mass is 35.5. The van der Waals surface area contributed by atoms with E-state index in [0.29, 0.717) is 24.5 Å². The Balaban J connectivity index is 0.00000225. The lowest BCUT2D eigenvalue weighted by Gasteiger charge is -2.26. The van der Waals surface area contributed by atoms with Crippen LogP contribution in [0, 0.1) is 0 Å². The van der Waals surface area contributed by atoms with E-state index in [-0.39, 0.29) is 41.6 Å². The number of sulfonamides is 1. The molecule has 140 valence electrons. The van der Waals surface area contributed by atoms with Gasteiger partial charge in [0.15, 0.2) is 6.61 Å². The topological polar surface area (TPSA) is 97.0 Å². The number of benzene rings is 1. The second-order valence-corrected chi connectivity index (χ2v) is 7.66. The monoisotopic (exact) mass is 391 g/mol. The summed E-state index contributed by atoms with van der Waals surface area (Å²) in [7, 11) is -0.515. The average Bonchev–Trinajstić information content (AvgIpc) is 3.03. The molecule has 0 aromatic heterocycles.